The molecule has 1 amide bonds. The molecule has 0 aliphatic carbocycles. The number of amides is 1. The van der Waals surface area contributed by atoms with Crippen molar-refractivity contribution in [3.63, 3.8) is 0 Å². The number of aryl methyl sites for hydroxylation is 1. The molecule has 2 N–H and O–H groups in total. The van der Waals surface area contributed by atoms with Crippen molar-refractivity contribution in [3.05, 3.63) is 35.7 Å². The summed E-state index contributed by atoms with van der Waals surface area (Å²) in [6.45, 7) is 9.23. The highest BCUT2D eigenvalue weighted by atomic mass is 32.2. The van der Waals surface area contributed by atoms with Gasteiger partial charge in [-0.1, -0.05) is 44.7 Å². The molecule has 25 heavy (non-hydrogen) atoms. The fourth-order valence-corrected chi connectivity index (χ4v) is 3.07. The van der Waals surface area contributed by atoms with E-state index < -0.39 is 0 Å². The van der Waals surface area contributed by atoms with Crippen LogP contribution in [0.3, 0.4) is 0 Å². The second kappa shape index (κ2) is 8.89. The van der Waals surface area contributed by atoms with Gasteiger partial charge in [-0.05, 0) is 37.0 Å². The third-order valence-corrected chi connectivity index (χ3v) is 4.82. The fraction of sp³-hybridized carbons (Fsp3) is 0.500. The van der Waals surface area contributed by atoms with Crippen molar-refractivity contribution in [1.82, 2.24) is 14.8 Å². The summed E-state index contributed by atoms with van der Waals surface area (Å²) in [6, 6.07) is 8.05. The molecule has 0 spiro atoms. The lowest BCUT2D eigenvalue weighted by Crippen LogP contribution is -2.23. The number of primary amides is 1. The largest absolute Gasteiger partial charge is 0.486 e. The fourth-order valence-electron chi connectivity index (χ4n) is 2.25. The molecule has 7 heteroatoms. The Hall–Kier alpha value is -2.02. The van der Waals surface area contributed by atoms with Gasteiger partial charge >= 0.3 is 0 Å². The van der Waals surface area contributed by atoms with E-state index in [2.05, 4.69) is 43.1 Å². The molecule has 1 aromatic heterocycles. The lowest BCUT2D eigenvalue weighted by molar-refractivity contribution is -0.117. The summed E-state index contributed by atoms with van der Waals surface area (Å²) in [4.78, 5) is 11.3. The highest BCUT2D eigenvalue weighted by Gasteiger charge is 2.19. The number of hydrogen-bond acceptors (Lipinski definition) is 5. The minimum atomic E-state index is -0.363. The summed E-state index contributed by atoms with van der Waals surface area (Å²) >= 11 is 1.33. The number of benzene rings is 1. The third-order valence-electron chi connectivity index (χ3n) is 3.72. The van der Waals surface area contributed by atoms with Crippen molar-refractivity contribution in [3.8, 4) is 5.75 Å². The second-order valence-electron chi connectivity index (χ2n) is 6.35. The number of aromatic nitrogens is 3. The Morgan fingerprint density at radius 2 is 1.92 bits per heavy atom. The monoisotopic (exact) mass is 362 g/mol. The Morgan fingerprint density at radius 3 is 2.48 bits per heavy atom. The van der Waals surface area contributed by atoms with Gasteiger partial charge in [-0.15, -0.1) is 10.2 Å². The van der Waals surface area contributed by atoms with E-state index in [9.17, 15) is 4.79 Å². The molecule has 0 saturated heterocycles. The van der Waals surface area contributed by atoms with Gasteiger partial charge in [-0.2, -0.15) is 0 Å². The molecule has 0 aliphatic rings. The maximum atomic E-state index is 11.3. The van der Waals surface area contributed by atoms with Crippen LogP contribution in [0.25, 0.3) is 0 Å². The van der Waals surface area contributed by atoms with E-state index in [0.29, 0.717) is 17.7 Å². The highest BCUT2D eigenvalue weighted by Crippen LogP contribution is 2.24. The van der Waals surface area contributed by atoms with Gasteiger partial charge in [0.25, 0.3) is 0 Å². The predicted octanol–water partition coefficient (Wildman–Crippen LogP) is 3.04. The van der Waals surface area contributed by atoms with E-state index in [4.69, 9.17) is 10.5 Å². The normalized spacial score (nSPS) is 12.4. The average molecular weight is 362 g/mol. The van der Waals surface area contributed by atoms with Crippen molar-refractivity contribution in [1.29, 1.82) is 0 Å². The minimum Gasteiger partial charge on any atom is -0.486 e. The summed E-state index contributed by atoms with van der Waals surface area (Å²) in [5, 5.41) is 8.80. The summed E-state index contributed by atoms with van der Waals surface area (Å²) in [6.07, 6.45) is 1.00. The molecule has 1 heterocycles. The summed E-state index contributed by atoms with van der Waals surface area (Å²) in [5.74, 6) is 1.60. The first-order chi connectivity index (χ1) is 11.9. The third kappa shape index (κ3) is 5.49. The summed E-state index contributed by atoms with van der Waals surface area (Å²) in [7, 11) is 0. The first kappa shape index (κ1) is 19.3. The predicted molar refractivity (Wildman–Crippen MR) is 99.5 cm³/mol. The number of nitrogens with two attached hydrogens (primary N) is 1. The van der Waals surface area contributed by atoms with Gasteiger partial charge in [0, 0.05) is 6.54 Å². The smallest absolute Gasteiger partial charge is 0.230 e. The van der Waals surface area contributed by atoms with E-state index in [1.54, 1.807) is 6.92 Å². The van der Waals surface area contributed by atoms with Crippen molar-refractivity contribution < 1.29 is 9.53 Å². The highest BCUT2D eigenvalue weighted by molar-refractivity contribution is 8.00. The number of hydrogen-bond donors (Lipinski definition) is 1. The first-order valence-corrected chi connectivity index (χ1v) is 9.38. The molecule has 1 aromatic carbocycles. The van der Waals surface area contributed by atoms with Crippen molar-refractivity contribution in [2.24, 2.45) is 11.7 Å². The molecule has 6 nitrogen and oxygen atoms in total. The first-order valence-electron chi connectivity index (χ1n) is 8.50. The Morgan fingerprint density at radius 1 is 1.24 bits per heavy atom. The van der Waals surface area contributed by atoms with Gasteiger partial charge in [0.15, 0.2) is 11.0 Å². The van der Waals surface area contributed by atoms with Crippen LogP contribution in [0.1, 0.15) is 39.1 Å². The molecule has 0 saturated carbocycles. The van der Waals surface area contributed by atoms with E-state index >= 15 is 0 Å². The van der Waals surface area contributed by atoms with Crippen LogP contribution in [-0.2, 0) is 24.4 Å². The molecular weight excluding hydrogens is 336 g/mol. The Bertz CT molecular complexity index is 698. The van der Waals surface area contributed by atoms with E-state index in [1.165, 1.54) is 17.3 Å². The number of carbonyl (C=O) groups is 1. The van der Waals surface area contributed by atoms with Crippen LogP contribution < -0.4 is 10.5 Å². The quantitative estimate of drug-likeness (QED) is 0.693. The maximum Gasteiger partial charge on any atom is 0.230 e. The molecule has 0 radical (unpaired) electrons. The zero-order chi connectivity index (χ0) is 18.4. The summed E-state index contributed by atoms with van der Waals surface area (Å²) in [5.41, 5.74) is 6.63. The molecule has 0 aliphatic heterocycles. The number of carbonyl (C=O) groups excluding carboxylic acids is 1. The van der Waals surface area contributed by atoms with Crippen LogP contribution in [0.15, 0.2) is 29.4 Å². The lowest BCUT2D eigenvalue weighted by Gasteiger charge is -2.14. The zero-order valence-electron chi connectivity index (χ0n) is 15.2. The van der Waals surface area contributed by atoms with Gasteiger partial charge in [0.1, 0.15) is 12.4 Å². The molecule has 2 aromatic rings. The number of ether oxygens (including phenoxy) is 1. The van der Waals surface area contributed by atoms with Crippen LogP contribution in [0.2, 0.25) is 0 Å². The van der Waals surface area contributed by atoms with Crippen LogP contribution in [0.5, 0.6) is 5.75 Å². The van der Waals surface area contributed by atoms with Crippen LogP contribution >= 0.6 is 11.8 Å². The molecular formula is C18H26N4O2S. The average Bonchev–Trinajstić information content (AvgIpc) is 2.94. The summed E-state index contributed by atoms with van der Waals surface area (Å²) < 4.78 is 7.86. The Kier molecular flexibility index (Phi) is 6.87. The molecule has 1 unspecified atom stereocenters. The van der Waals surface area contributed by atoms with Gasteiger partial charge in [-0.3, -0.25) is 4.79 Å². The second-order valence-corrected chi connectivity index (χ2v) is 7.66. The van der Waals surface area contributed by atoms with Crippen LogP contribution in [0.4, 0.5) is 0 Å². The minimum absolute atomic E-state index is 0.330. The Balaban J connectivity index is 2.12. The van der Waals surface area contributed by atoms with Gasteiger partial charge < -0.3 is 15.0 Å². The molecule has 1 atom stereocenters. The van der Waals surface area contributed by atoms with Crippen molar-refractivity contribution in [2.75, 3.05) is 0 Å². The van der Waals surface area contributed by atoms with Gasteiger partial charge in [-0.25, -0.2) is 0 Å². The number of rotatable bonds is 9. The van der Waals surface area contributed by atoms with E-state index in [-0.39, 0.29) is 11.2 Å². The topological polar surface area (TPSA) is 83.0 Å². The molecule has 136 valence electrons. The van der Waals surface area contributed by atoms with Gasteiger partial charge in [0.2, 0.25) is 5.91 Å². The van der Waals surface area contributed by atoms with E-state index in [0.717, 1.165) is 24.5 Å². The maximum absolute atomic E-state index is 11.3. The molecule has 0 bridgehead atoms. The lowest BCUT2D eigenvalue weighted by atomic mass is 10.2. The molecule has 0 fully saturated rings. The van der Waals surface area contributed by atoms with Crippen molar-refractivity contribution in [2.45, 2.75) is 57.7 Å². The number of nitrogens with zero attached hydrogens (tertiary/aromatic N) is 3. The SMILES string of the molecule is CCc1ccc(OCc2nnc(SC(C)C(N)=O)n2CC(C)C)cc1. The Labute approximate surface area is 153 Å². The molecule has 2 rings (SSSR count). The van der Waals surface area contributed by atoms with Crippen LogP contribution in [-0.4, -0.2) is 25.9 Å². The van der Waals surface area contributed by atoms with Crippen molar-refractivity contribution >= 4 is 17.7 Å². The van der Waals surface area contributed by atoms with Gasteiger partial charge in [0.05, 0.1) is 5.25 Å². The standard InChI is InChI=1S/C18H26N4O2S/c1-5-14-6-8-15(9-7-14)24-11-16-20-21-18(22(16)10-12(2)3)25-13(4)17(19)23/h6-9,12-13H,5,10-11H2,1-4H3,(H2,19,23). The van der Waals surface area contributed by atoms with E-state index in [1.807, 2.05) is 16.7 Å². The number of thioether (sulfide) groups is 1. The zero-order valence-corrected chi connectivity index (χ0v) is 16.0. The van der Waals surface area contributed by atoms with Crippen LogP contribution in [0, 0.1) is 5.92 Å².